The van der Waals surface area contributed by atoms with Gasteiger partial charge in [-0.1, -0.05) is 127 Å². The number of hydrogen-bond donors (Lipinski definition) is 3. The van der Waals surface area contributed by atoms with E-state index in [-0.39, 0.29) is 18.5 Å². The molecule has 0 bridgehead atoms. The van der Waals surface area contributed by atoms with Crippen LogP contribution in [0.25, 0.3) is 76.9 Å². The minimum Gasteiger partial charge on any atom is -0.456 e. The molecule has 0 saturated carbocycles. The van der Waals surface area contributed by atoms with Crippen molar-refractivity contribution in [3.63, 3.8) is 0 Å². The Bertz CT molecular complexity index is 3230. The fourth-order valence-electron chi connectivity index (χ4n) is 9.16. The van der Waals surface area contributed by atoms with Crippen LogP contribution >= 0.6 is 0 Å². The highest BCUT2D eigenvalue weighted by molar-refractivity contribution is 6.22. The van der Waals surface area contributed by atoms with Gasteiger partial charge in [0.15, 0.2) is 0 Å². The summed E-state index contributed by atoms with van der Waals surface area (Å²) in [4.78, 5) is 0. The van der Waals surface area contributed by atoms with E-state index in [1.165, 1.54) is 38.3 Å². The molecule has 3 aromatic heterocycles. The third kappa shape index (κ3) is 5.16. The standard InChI is InChI=1S/C51H37N5O/c1-4-14-32(15-5-1)49-52-50(33-16-6-2-7-17-33)54-51(53-49)34-24-26-36(27-25-34)56-44-29-42-38-21-11-13-23-47(38)57-48(42)30-41(44)40-28-39-37-20-10-12-22-43(37)55(45(39)31-46(40)56)35-18-8-3-9-19-35/h1-31,49-54H. The second-order valence-corrected chi connectivity index (χ2v) is 15.1. The summed E-state index contributed by atoms with van der Waals surface area (Å²) in [6.07, 6.45) is -0.164. The van der Waals surface area contributed by atoms with Crippen LogP contribution in [0.15, 0.2) is 192 Å². The van der Waals surface area contributed by atoms with Gasteiger partial charge in [-0.25, -0.2) is 0 Å². The second kappa shape index (κ2) is 12.8. The lowest BCUT2D eigenvalue weighted by Gasteiger charge is -2.39. The molecule has 3 N–H and O–H groups in total. The minimum absolute atomic E-state index is 0.0364. The van der Waals surface area contributed by atoms with E-state index < -0.39 is 0 Å². The fourth-order valence-corrected chi connectivity index (χ4v) is 9.16. The van der Waals surface area contributed by atoms with Crippen molar-refractivity contribution >= 4 is 65.6 Å². The second-order valence-electron chi connectivity index (χ2n) is 15.1. The third-order valence-corrected chi connectivity index (χ3v) is 11.8. The number of aromatic nitrogens is 2. The van der Waals surface area contributed by atoms with Gasteiger partial charge in [0.25, 0.3) is 0 Å². The average Bonchev–Trinajstić information content (AvgIpc) is 3.92. The lowest BCUT2D eigenvalue weighted by atomic mass is 10.0. The molecular formula is C51H37N5O. The first-order valence-electron chi connectivity index (χ1n) is 19.6. The molecule has 4 heterocycles. The normalized spacial score (nSPS) is 17.4. The summed E-state index contributed by atoms with van der Waals surface area (Å²) in [5, 5.41) is 18.5. The van der Waals surface area contributed by atoms with Gasteiger partial charge >= 0.3 is 0 Å². The molecule has 1 fully saturated rings. The monoisotopic (exact) mass is 735 g/mol. The van der Waals surface area contributed by atoms with Crippen LogP contribution in [0.1, 0.15) is 35.2 Å². The molecule has 0 radical (unpaired) electrons. The Hall–Kier alpha value is -6.96. The lowest BCUT2D eigenvalue weighted by Crippen LogP contribution is -2.54. The molecule has 57 heavy (non-hydrogen) atoms. The molecule has 12 rings (SSSR count). The first kappa shape index (κ1) is 32.3. The van der Waals surface area contributed by atoms with E-state index >= 15 is 0 Å². The summed E-state index contributed by atoms with van der Waals surface area (Å²) in [6.45, 7) is 0. The zero-order chi connectivity index (χ0) is 37.5. The Morgan fingerprint density at radius 1 is 0.316 bits per heavy atom. The van der Waals surface area contributed by atoms with E-state index in [0.717, 1.165) is 55.3 Å². The predicted octanol–water partition coefficient (Wildman–Crippen LogP) is 12.0. The van der Waals surface area contributed by atoms with Gasteiger partial charge in [-0.3, -0.25) is 16.0 Å². The maximum absolute atomic E-state index is 6.48. The molecule has 1 saturated heterocycles. The van der Waals surface area contributed by atoms with E-state index in [2.05, 4.69) is 207 Å². The Morgan fingerprint density at radius 2 is 0.789 bits per heavy atom. The molecule has 6 nitrogen and oxygen atoms in total. The van der Waals surface area contributed by atoms with Crippen molar-refractivity contribution in [3.05, 3.63) is 205 Å². The molecule has 0 spiro atoms. The van der Waals surface area contributed by atoms with Crippen molar-refractivity contribution in [1.82, 2.24) is 25.1 Å². The molecule has 2 unspecified atom stereocenters. The van der Waals surface area contributed by atoms with Crippen LogP contribution < -0.4 is 16.0 Å². The molecule has 1 aliphatic heterocycles. The van der Waals surface area contributed by atoms with Gasteiger partial charge in [0.2, 0.25) is 0 Å². The summed E-state index contributed by atoms with van der Waals surface area (Å²) in [7, 11) is 0. The molecule has 0 aliphatic carbocycles. The Kier molecular flexibility index (Phi) is 7.25. The SMILES string of the molecule is c1ccc(C2NC(c3ccccc3)NC(c3ccc(-n4c5cc6c(cc5c5cc7c8ccccc8n(-c8ccccc8)c7cc54)oc4ccccc46)cc3)N2)cc1. The summed E-state index contributed by atoms with van der Waals surface area (Å²) >= 11 is 0. The van der Waals surface area contributed by atoms with Gasteiger partial charge in [0, 0.05) is 43.7 Å². The van der Waals surface area contributed by atoms with Crippen molar-refractivity contribution in [2.24, 2.45) is 0 Å². The van der Waals surface area contributed by atoms with Gasteiger partial charge in [-0.05, 0) is 77.4 Å². The van der Waals surface area contributed by atoms with Gasteiger partial charge in [0.05, 0.1) is 40.6 Å². The molecular weight excluding hydrogens is 699 g/mol. The van der Waals surface area contributed by atoms with Gasteiger partial charge in [0.1, 0.15) is 11.2 Å². The van der Waals surface area contributed by atoms with E-state index in [0.29, 0.717) is 0 Å². The maximum Gasteiger partial charge on any atom is 0.136 e. The van der Waals surface area contributed by atoms with Crippen LogP contribution in [0.3, 0.4) is 0 Å². The first-order valence-corrected chi connectivity index (χ1v) is 19.6. The smallest absolute Gasteiger partial charge is 0.136 e. The average molecular weight is 736 g/mol. The van der Waals surface area contributed by atoms with E-state index in [9.17, 15) is 0 Å². The zero-order valence-corrected chi connectivity index (χ0v) is 30.9. The molecule has 8 aromatic carbocycles. The lowest BCUT2D eigenvalue weighted by molar-refractivity contribution is 0.203. The Labute approximate surface area is 328 Å². The van der Waals surface area contributed by atoms with Crippen molar-refractivity contribution in [2.45, 2.75) is 18.5 Å². The van der Waals surface area contributed by atoms with E-state index in [1.807, 2.05) is 6.07 Å². The first-order chi connectivity index (χ1) is 28.2. The third-order valence-electron chi connectivity index (χ3n) is 11.8. The number of nitrogens with zero attached hydrogens (tertiary/aromatic N) is 2. The van der Waals surface area contributed by atoms with Crippen molar-refractivity contribution in [2.75, 3.05) is 0 Å². The van der Waals surface area contributed by atoms with Crippen LogP contribution in [0, 0.1) is 0 Å². The predicted molar refractivity (Wildman–Crippen MR) is 233 cm³/mol. The highest BCUT2D eigenvalue weighted by Crippen LogP contribution is 2.42. The maximum atomic E-state index is 6.48. The number of para-hydroxylation sites is 3. The van der Waals surface area contributed by atoms with E-state index in [4.69, 9.17) is 4.42 Å². The van der Waals surface area contributed by atoms with Gasteiger partial charge in [-0.2, -0.15) is 0 Å². The summed E-state index contributed by atoms with van der Waals surface area (Å²) in [5.41, 5.74) is 12.3. The van der Waals surface area contributed by atoms with Crippen LogP contribution in [0.4, 0.5) is 0 Å². The van der Waals surface area contributed by atoms with Gasteiger partial charge in [-0.15, -0.1) is 0 Å². The summed E-state index contributed by atoms with van der Waals surface area (Å²) < 4.78 is 11.3. The van der Waals surface area contributed by atoms with Crippen molar-refractivity contribution in [3.8, 4) is 11.4 Å². The fraction of sp³-hybridized carbons (Fsp3) is 0.0588. The topological polar surface area (TPSA) is 59.1 Å². The van der Waals surface area contributed by atoms with Crippen molar-refractivity contribution in [1.29, 1.82) is 0 Å². The van der Waals surface area contributed by atoms with Crippen LogP contribution in [-0.2, 0) is 0 Å². The number of nitrogens with one attached hydrogen (secondary N) is 3. The molecule has 11 aromatic rings. The molecule has 2 atom stereocenters. The number of hydrogen-bond acceptors (Lipinski definition) is 4. The van der Waals surface area contributed by atoms with E-state index in [1.54, 1.807) is 0 Å². The molecule has 1 aliphatic rings. The number of benzene rings is 8. The number of rotatable bonds is 5. The van der Waals surface area contributed by atoms with Crippen LogP contribution in [0.5, 0.6) is 0 Å². The number of fused-ring (bicyclic) bond motifs is 9. The van der Waals surface area contributed by atoms with Crippen LogP contribution in [0.2, 0.25) is 0 Å². The minimum atomic E-state index is -0.0908. The van der Waals surface area contributed by atoms with Crippen molar-refractivity contribution < 1.29 is 4.42 Å². The highest BCUT2D eigenvalue weighted by atomic mass is 16.3. The zero-order valence-electron chi connectivity index (χ0n) is 30.9. The molecule has 272 valence electrons. The molecule has 0 amide bonds. The largest absolute Gasteiger partial charge is 0.456 e. The Morgan fingerprint density at radius 3 is 1.46 bits per heavy atom. The van der Waals surface area contributed by atoms with Gasteiger partial charge < -0.3 is 13.6 Å². The summed E-state index contributed by atoms with van der Waals surface area (Å²) in [5.74, 6) is 0. The Balaban J connectivity index is 1.06. The summed E-state index contributed by atoms with van der Waals surface area (Å²) in [6, 6.07) is 67.4. The molecule has 6 heteroatoms. The van der Waals surface area contributed by atoms with Crippen LogP contribution in [-0.4, -0.2) is 9.13 Å². The quantitative estimate of drug-likeness (QED) is 0.165. The number of furan rings is 1. The highest BCUT2D eigenvalue weighted by Gasteiger charge is 2.30.